The maximum atomic E-state index is 13.1. The minimum absolute atomic E-state index is 0.0165. The molecule has 4 aromatic rings. The Morgan fingerprint density at radius 3 is 2.55 bits per heavy atom. The third-order valence-corrected chi connectivity index (χ3v) is 5.68. The van der Waals surface area contributed by atoms with Gasteiger partial charge in [0.2, 0.25) is 0 Å². The Balaban J connectivity index is 1.57. The molecule has 7 heteroatoms. The first-order chi connectivity index (χ1) is 14.8. The summed E-state index contributed by atoms with van der Waals surface area (Å²) in [6.45, 7) is 6.30. The van der Waals surface area contributed by atoms with Crippen LogP contribution in [0.3, 0.4) is 0 Å². The van der Waals surface area contributed by atoms with Gasteiger partial charge < -0.3 is 10.1 Å². The van der Waals surface area contributed by atoms with E-state index in [0.717, 1.165) is 11.3 Å². The third-order valence-electron chi connectivity index (χ3n) is 4.84. The van der Waals surface area contributed by atoms with E-state index in [1.54, 1.807) is 0 Å². The summed E-state index contributed by atoms with van der Waals surface area (Å²) < 4.78 is 7.48. The molecular weight excluding hydrogens is 410 g/mol. The molecule has 0 aliphatic carbocycles. The van der Waals surface area contributed by atoms with Crippen molar-refractivity contribution in [3.8, 4) is 11.5 Å². The zero-order valence-corrected chi connectivity index (χ0v) is 18.4. The topological polar surface area (TPSA) is 72.7 Å². The fraction of sp³-hybridized carbons (Fsp3) is 0.208. The van der Waals surface area contributed by atoms with Gasteiger partial charge in [-0.3, -0.25) is 14.0 Å². The second-order valence-electron chi connectivity index (χ2n) is 8.17. The summed E-state index contributed by atoms with van der Waals surface area (Å²) in [5.41, 5.74) is 1.05. The van der Waals surface area contributed by atoms with E-state index in [9.17, 15) is 9.59 Å². The lowest BCUT2D eigenvalue weighted by molar-refractivity contribution is 0.0948. The lowest BCUT2D eigenvalue weighted by Gasteiger charge is -2.17. The normalized spacial score (nSPS) is 11.5. The Bertz CT molecular complexity index is 1290. The van der Waals surface area contributed by atoms with Gasteiger partial charge >= 0.3 is 0 Å². The Morgan fingerprint density at radius 2 is 1.81 bits per heavy atom. The van der Waals surface area contributed by atoms with Gasteiger partial charge in [-0.05, 0) is 18.2 Å². The van der Waals surface area contributed by atoms with Crippen molar-refractivity contribution in [3.05, 3.63) is 93.3 Å². The molecule has 0 atom stereocenters. The van der Waals surface area contributed by atoms with E-state index < -0.39 is 5.91 Å². The van der Waals surface area contributed by atoms with E-state index in [-0.39, 0.29) is 23.1 Å². The van der Waals surface area contributed by atoms with Crippen LogP contribution in [0.4, 0.5) is 0 Å². The number of ether oxygens (including phenoxy) is 1. The second kappa shape index (κ2) is 8.35. The molecule has 0 aliphatic rings. The van der Waals surface area contributed by atoms with Crippen LogP contribution in [0.15, 0.2) is 71.0 Å². The molecule has 31 heavy (non-hydrogen) atoms. The number of carbonyl (C=O) groups excluding carboxylic acids is 1. The number of thiazole rings is 1. The van der Waals surface area contributed by atoms with Gasteiger partial charge in [-0.15, -0.1) is 11.3 Å². The van der Waals surface area contributed by atoms with Crippen molar-refractivity contribution in [2.75, 3.05) is 0 Å². The highest BCUT2D eigenvalue weighted by Gasteiger charge is 2.23. The van der Waals surface area contributed by atoms with Crippen LogP contribution in [0.5, 0.6) is 11.5 Å². The van der Waals surface area contributed by atoms with E-state index in [1.807, 2.05) is 80.7 Å². The largest absolute Gasteiger partial charge is 0.457 e. The Morgan fingerprint density at radius 1 is 1.10 bits per heavy atom. The monoisotopic (exact) mass is 433 g/mol. The SMILES string of the molecule is CC(C)(C)c1csc2ncc(C(=O)NCc3ccccc3Oc3ccccc3)c(=O)n12. The molecular formula is C24H23N3O3S. The fourth-order valence-corrected chi connectivity index (χ4v) is 4.28. The smallest absolute Gasteiger partial charge is 0.271 e. The number of rotatable bonds is 5. The number of amides is 1. The van der Waals surface area contributed by atoms with E-state index in [1.165, 1.54) is 21.9 Å². The number of nitrogens with one attached hydrogen (secondary N) is 1. The molecule has 2 aromatic carbocycles. The van der Waals surface area contributed by atoms with Gasteiger partial charge in [-0.2, -0.15) is 0 Å². The highest BCUT2D eigenvalue weighted by atomic mass is 32.1. The number of benzene rings is 2. The van der Waals surface area contributed by atoms with E-state index in [2.05, 4.69) is 10.3 Å². The second-order valence-corrected chi connectivity index (χ2v) is 9.01. The van der Waals surface area contributed by atoms with Crippen molar-refractivity contribution in [3.63, 3.8) is 0 Å². The van der Waals surface area contributed by atoms with E-state index >= 15 is 0 Å². The van der Waals surface area contributed by atoms with Gasteiger partial charge in [-0.1, -0.05) is 57.2 Å². The predicted molar refractivity (Wildman–Crippen MR) is 122 cm³/mol. The maximum Gasteiger partial charge on any atom is 0.271 e. The Hall–Kier alpha value is -3.45. The van der Waals surface area contributed by atoms with Crippen molar-refractivity contribution in [1.29, 1.82) is 0 Å². The number of carbonyl (C=O) groups is 1. The highest BCUT2D eigenvalue weighted by molar-refractivity contribution is 7.15. The molecule has 2 aromatic heterocycles. The van der Waals surface area contributed by atoms with Gasteiger partial charge in [0.1, 0.15) is 17.1 Å². The Labute approximate surface area is 184 Å². The summed E-state index contributed by atoms with van der Waals surface area (Å²) in [7, 11) is 0. The van der Waals surface area contributed by atoms with Gasteiger partial charge in [0.15, 0.2) is 4.96 Å². The molecule has 0 fully saturated rings. The molecule has 0 unspecified atom stereocenters. The first-order valence-corrected chi connectivity index (χ1v) is 10.8. The van der Waals surface area contributed by atoms with Crippen LogP contribution in [0.25, 0.3) is 4.96 Å². The van der Waals surface area contributed by atoms with E-state index in [0.29, 0.717) is 16.5 Å². The molecule has 1 N–H and O–H groups in total. The van der Waals surface area contributed by atoms with Crippen LogP contribution >= 0.6 is 11.3 Å². The summed E-state index contributed by atoms with van der Waals surface area (Å²) in [6, 6.07) is 16.9. The predicted octanol–water partition coefficient (Wildman–Crippen LogP) is 4.78. The number of aromatic nitrogens is 2. The van der Waals surface area contributed by atoms with Crippen LogP contribution in [-0.4, -0.2) is 15.3 Å². The minimum Gasteiger partial charge on any atom is -0.457 e. The number of para-hydroxylation sites is 2. The molecule has 4 rings (SSSR count). The summed E-state index contributed by atoms with van der Waals surface area (Å²) in [5.74, 6) is 0.890. The summed E-state index contributed by atoms with van der Waals surface area (Å²) in [6.07, 6.45) is 1.35. The number of fused-ring (bicyclic) bond motifs is 1. The lowest BCUT2D eigenvalue weighted by Crippen LogP contribution is -2.32. The van der Waals surface area contributed by atoms with Crippen molar-refractivity contribution < 1.29 is 9.53 Å². The lowest BCUT2D eigenvalue weighted by atomic mass is 9.93. The molecule has 1 amide bonds. The summed E-state index contributed by atoms with van der Waals surface area (Å²) in [5, 5.41) is 4.75. The standard InChI is InChI=1S/C24H23N3O3S/c1-24(2,3)20-15-31-23-26-14-18(22(29)27(20)23)21(28)25-13-16-9-7-8-12-19(16)30-17-10-5-4-6-11-17/h4-12,14-15H,13H2,1-3H3,(H,25,28). The highest BCUT2D eigenvalue weighted by Crippen LogP contribution is 2.26. The molecule has 0 saturated heterocycles. The van der Waals surface area contributed by atoms with Crippen LogP contribution < -0.4 is 15.6 Å². The third kappa shape index (κ3) is 4.36. The van der Waals surface area contributed by atoms with Crippen molar-refractivity contribution in [2.24, 2.45) is 0 Å². The zero-order chi connectivity index (χ0) is 22.0. The van der Waals surface area contributed by atoms with Gasteiger partial charge in [0.25, 0.3) is 11.5 Å². The Kier molecular flexibility index (Phi) is 5.61. The van der Waals surface area contributed by atoms with E-state index in [4.69, 9.17) is 4.74 Å². The fourth-order valence-electron chi connectivity index (χ4n) is 3.20. The minimum atomic E-state index is -0.465. The molecule has 0 spiro atoms. The van der Waals surface area contributed by atoms with Crippen LogP contribution in [0, 0.1) is 0 Å². The first-order valence-electron chi connectivity index (χ1n) is 9.93. The molecule has 6 nitrogen and oxygen atoms in total. The van der Waals surface area contributed by atoms with Crippen molar-refractivity contribution in [1.82, 2.24) is 14.7 Å². The molecule has 158 valence electrons. The number of hydrogen-bond donors (Lipinski definition) is 1. The molecule has 0 bridgehead atoms. The number of nitrogens with zero attached hydrogens (tertiary/aromatic N) is 2. The van der Waals surface area contributed by atoms with Crippen LogP contribution in [-0.2, 0) is 12.0 Å². The quantitative estimate of drug-likeness (QED) is 0.492. The summed E-state index contributed by atoms with van der Waals surface area (Å²) >= 11 is 1.39. The first kappa shape index (κ1) is 20.8. The molecule has 0 aliphatic heterocycles. The zero-order valence-electron chi connectivity index (χ0n) is 17.6. The maximum absolute atomic E-state index is 13.1. The average Bonchev–Trinajstić information content (AvgIpc) is 3.20. The molecule has 2 heterocycles. The summed E-state index contributed by atoms with van der Waals surface area (Å²) in [4.78, 5) is 30.8. The van der Waals surface area contributed by atoms with Gasteiger partial charge in [-0.25, -0.2) is 4.98 Å². The van der Waals surface area contributed by atoms with Crippen LogP contribution in [0.1, 0.15) is 42.4 Å². The van der Waals surface area contributed by atoms with Crippen LogP contribution in [0.2, 0.25) is 0 Å². The van der Waals surface area contributed by atoms with Crippen molar-refractivity contribution >= 4 is 22.2 Å². The average molecular weight is 434 g/mol. The van der Waals surface area contributed by atoms with Gasteiger partial charge in [0, 0.05) is 34.8 Å². The van der Waals surface area contributed by atoms with Gasteiger partial charge in [0.05, 0.1) is 0 Å². The van der Waals surface area contributed by atoms with Crippen molar-refractivity contribution in [2.45, 2.75) is 32.7 Å². The molecule has 0 saturated carbocycles. The number of hydrogen-bond acceptors (Lipinski definition) is 5. The molecule has 0 radical (unpaired) electrons.